The fourth-order valence-electron chi connectivity index (χ4n) is 4.23. The molecule has 4 nitrogen and oxygen atoms in total. The van der Waals surface area contributed by atoms with Crippen molar-refractivity contribution in [2.24, 2.45) is 5.41 Å². The minimum atomic E-state index is 0.313. The van der Waals surface area contributed by atoms with Crippen LogP contribution in [0.4, 0.5) is 0 Å². The Labute approximate surface area is 150 Å². The summed E-state index contributed by atoms with van der Waals surface area (Å²) < 4.78 is 6.13. The summed E-state index contributed by atoms with van der Waals surface area (Å²) in [7, 11) is 0. The van der Waals surface area contributed by atoms with Gasteiger partial charge in [-0.3, -0.25) is 9.97 Å². The van der Waals surface area contributed by atoms with Gasteiger partial charge in [0.2, 0.25) is 0 Å². The molecule has 2 aliphatic heterocycles. The maximum atomic E-state index is 6.13. The topological polar surface area (TPSA) is 38.2 Å². The fraction of sp³-hybridized carbons (Fsp3) is 0.524. The van der Waals surface area contributed by atoms with E-state index in [0.29, 0.717) is 11.5 Å². The smallest absolute Gasteiger partial charge is 0.0637 e. The van der Waals surface area contributed by atoms with Crippen LogP contribution in [0, 0.1) is 5.41 Å². The highest BCUT2D eigenvalue weighted by Crippen LogP contribution is 2.42. The van der Waals surface area contributed by atoms with Crippen molar-refractivity contribution in [1.29, 1.82) is 0 Å². The van der Waals surface area contributed by atoms with E-state index >= 15 is 0 Å². The highest BCUT2D eigenvalue weighted by Gasteiger charge is 2.42. The average Bonchev–Trinajstić information content (AvgIpc) is 3.05. The van der Waals surface area contributed by atoms with Crippen molar-refractivity contribution >= 4 is 0 Å². The summed E-state index contributed by atoms with van der Waals surface area (Å²) in [6.07, 6.45) is 11.4. The lowest BCUT2D eigenvalue weighted by Crippen LogP contribution is -2.41. The van der Waals surface area contributed by atoms with Gasteiger partial charge in [0.15, 0.2) is 0 Å². The molecule has 0 saturated carbocycles. The molecule has 132 valence electrons. The highest BCUT2D eigenvalue weighted by molar-refractivity contribution is 5.15. The van der Waals surface area contributed by atoms with Gasteiger partial charge in [0, 0.05) is 31.6 Å². The third-order valence-electron chi connectivity index (χ3n) is 5.82. The van der Waals surface area contributed by atoms with Crippen LogP contribution in [-0.2, 0) is 17.6 Å². The van der Waals surface area contributed by atoms with Crippen molar-refractivity contribution in [1.82, 2.24) is 14.9 Å². The van der Waals surface area contributed by atoms with Crippen LogP contribution in [0.2, 0.25) is 0 Å². The van der Waals surface area contributed by atoms with Gasteiger partial charge in [-0.05, 0) is 49.8 Å². The molecule has 2 aromatic rings. The van der Waals surface area contributed by atoms with Gasteiger partial charge in [-0.2, -0.15) is 0 Å². The lowest BCUT2D eigenvalue weighted by Gasteiger charge is -2.38. The lowest BCUT2D eigenvalue weighted by molar-refractivity contribution is 0.0653. The zero-order valence-corrected chi connectivity index (χ0v) is 14.8. The number of aromatic nitrogens is 2. The van der Waals surface area contributed by atoms with Gasteiger partial charge in [-0.1, -0.05) is 30.3 Å². The van der Waals surface area contributed by atoms with Crippen LogP contribution in [-0.4, -0.2) is 47.2 Å². The first-order valence-electron chi connectivity index (χ1n) is 9.44. The standard InChI is InChI=1S/C21H27N3O/c1-2-4-18(5-3-1)6-11-24-12-7-21(8-13-24)15-20(25-17-21)14-19-16-22-9-10-23-19/h1-5,9-10,16,20H,6-8,11-15,17H2/t20-/m0/s1. The van der Waals surface area contributed by atoms with Crippen LogP contribution >= 0.6 is 0 Å². The second kappa shape index (κ2) is 7.63. The second-order valence-corrected chi connectivity index (χ2v) is 7.62. The number of likely N-dealkylation sites (tertiary alicyclic amines) is 1. The van der Waals surface area contributed by atoms with Gasteiger partial charge in [0.05, 0.1) is 18.4 Å². The van der Waals surface area contributed by atoms with Gasteiger partial charge in [-0.25, -0.2) is 0 Å². The SMILES string of the molecule is c1ccc(CCN2CCC3(CC2)CO[C@@H](Cc2cnccn2)C3)cc1. The quantitative estimate of drug-likeness (QED) is 0.840. The Hall–Kier alpha value is -1.78. The molecule has 4 rings (SSSR count). The molecule has 1 spiro atoms. The molecule has 2 aliphatic rings. The van der Waals surface area contributed by atoms with E-state index in [1.165, 1.54) is 44.5 Å². The Kier molecular flexibility index (Phi) is 5.09. The average molecular weight is 337 g/mol. The molecule has 0 radical (unpaired) electrons. The van der Waals surface area contributed by atoms with Crippen molar-refractivity contribution in [2.45, 2.75) is 38.2 Å². The van der Waals surface area contributed by atoms with Gasteiger partial charge < -0.3 is 9.64 Å². The maximum absolute atomic E-state index is 6.13. The van der Waals surface area contributed by atoms with E-state index in [1.54, 1.807) is 12.4 Å². The number of ether oxygens (including phenoxy) is 1. The zero-order chi connectivity index (χ0) is 17.0. The Morgan fingerprint density at radius 2 is 1.96 bits per heavy atom. The molecule has 2 fully saturated rings. The third-order valence-corrected chi connectivity index (χ3v) is 5.82. The number of piperidine rings is 1. The Bertz CT molecular complexity index is 653. The fourth-order valence-corrected chi connectivity index (χ4v) is 4.23. The van der Waals surface area contributed by atoms with E-state index in [9.17, 15) is 0 Å². The zero-order valence-electron chi connectivity index (χ0n) is 14.8. The number of benzene rings is 1. The number of nitrogens with zero attached hydrogens (tertiary/aromatic N) is 3. The minimum Gasteiger partial charge on any atom is -0.377 e. The van der Waals surface area contributed by atoms with Crippen LogP contribution < -0.4 is 0 Å². The summed E-state index contributed by atoms with van der Waals surface area (Å²) in [4.78, 5) is 11.2. The molecule has 0 unspecified atom stereocenters. The van der Waals surface area contributed by atoms with E-state index in [0.717, 1.165) is 25.1 Å². The molecule has 2 saturated heterocycles. The molecule has 25 heavy (non-hydrogen) atoms. The van der Waals surface area contributed by atoms with Crippen molar-refractivity contribution in [3.63, 3.8) is 0 Å². The molecule has 1 aromatic heterocycles. The Morgan fingerprint density at radius 1 is 1.12 bits per heavy atom. The molecule has 1 aromatic carbocycles. The van der Waals surface area contributed by atoms with Crippen LogP contribution in [0.5, 0.6) is 0 Å². The summed E-state index contributed by atoms with van der Waals surface area (Å²) >= 11 is 0. The van der Waals surface area contributed by atoms with Crippen LogP contribution in [0.3, 0.4) is 0 Å². The Morgan fingerprint density at radius 3 is 2.72 bits per heavy atom. The molecule has 0 amide bonds. The van der Waals surface area contributed by atoms with Crippen molar-refractivity contribution in [3.8, 4) is 0 Å². The van der Waals surface area contributed by atoms with Gasteiger partial charge in [0.1, 0.15) is 0 Å². The van der Waals surface area contributed by atoms with Crippen LogP contribution in [0.25, 0.3) is 0 Å². The minimum absolute atomic E-state index is 0.313. The normalized spacial score (nSPS) is 23.1. The second-order valence-electron chi connectivity index (χ2n) is 7.62. The van der Waals surface area contributed by atoms with E-state index in [1.807, 2.05) is 6.20 Å². The molecule has 0 aliphatic carbocycles. The van der Waals surface area contributed by atoms with Gasteiger partial charge >= 0.3 is 0 Å². The maximum Gasteiger partial charge on any atom is 0.0637 e. The first-order chi connectivity index (χ1) is 12.3. The first kappa shape index (κ1) is 16.7. The molecule has 0 N–H and O–H groups in total. The van der Waals surface area contributed by atoms with E-state index in [2.05, 4.69) is 45.2 Å². The molecule has 3 heterocycles. The largest absolute Gasteiger partial charge is 0.377 e. The molecule has 1 atom stereocenters. The lowest BCUT2D eigenvalue weighted by atomic mass is 9.76. The van der Waals surface area contributed by atoms with Gasteiger partial charge in [0.25, 0.3) is 0 Å². The van der Waals surface area contributed by atoms with Crippen molar-refractivity contribution < 1.29 is 4.74 Å². The van der Waals surface area contributed by atoms with Crippen molar-refractivity contribution in [2.75, 3.05) is 26.2 Å². The molecule has 0 bridgehead atoms. The van der Waals surface area contributed by atoms with Crippen LogP contribution in [0.1, 0.15) is 30.5 Å². The molecule has 4 heteroatoms. The van der Waals surface area contributed by atoms with Crippen molar-refractivity contribution in [3.05, 3.63) is 60.2 Å². The monoisotopic (exact) mass is 337 g/mol. The summed E-state index contributed by atoms with van der Waals surface area (Å²) in [5, 5.41) is 0. The highest BCUT2D eigenvalue weighted by atomic mass is 16.5. The van der Waals surface area contributed by atoms with E-state index < -0.39 is 0 Å². The summed E-state index contributed by atoms with van der Waals surface area (Å²) in [5.41, 5.74) is 2.89. The Balaban J connectivity index is 1.24. The van der Waals surface area contributed by atoms with Gasteiger partial charge in [-0.15, -0.1) is 0 Å². The van der Waals surface area contributed by atoms with E-state index in [4.69, 9.17) is 4.74 Å². The number of hydrogen-bond acceptors (Lipinski definition) is 4. The first-order valence-corrected chi connectivity index (χ1v) is 9.44. The predicted molar refractivity (Wildman–Crippen MR) is 98.3 cm³/mol. The molecular formula is C21H27N3O. The number of rotatable bonds is 5. The predicted octanol–water partition coefficient (Wildman–Crippen LogP) is 3.13. The summed E-state index contributed by atoms with van der Waals surface area (Å²) in [6, 6.07) is 10.8. The van der Waals surface area contributed by atoms with E-state index in [-0.39, 0.29) is 0 Å². The van der Waals surface area contributed by atoms with Crippen LogP contribution in [0.15, 0.2) is 48.9 Å². The summed E-state index contributed by atoms with van der Waals surface area (Å²) in [6.45, 7) is 4.50. The summed E-state index contributed by atoms with van der Waals surface area (Å²) in [5.74, 6) is 0. The third kappa shape index (κ3) is 4.25. The number of hydrogen-bond donors (Lipinski definition) is 0. The molecular weight excluding hydrogens is 310 g/mol.